The summed E-state index contributed by atoms with van der Waals surface area (Å²) in [5, 5.41) is 9.47. The lowest BCUT2D eigenvalue weighted by atomic mass is 9.98. The van der Waals surface area contributed by atoms with Crippen LogP contribution in [0.4, 0.5) is 0 Å². The van der Waals surface area contributed by atoms with Crippen LogP contribution in [-0.4, -0.2) is 41.3 Å². The van der Waals surface area contributed by atoms with Gasteiger partial charge in [-0.1, -0.05) is 20.8 Å². The Balaban J connectivity index is 2.66. The van der Waals surface area contributed by atoms with Crippen LogP contribution in [0.3, 0.4) is 0 Å². The monoisotopic (exact) mass is 214 g/mol. The highest BCUT2D eigenvalue weighted by atomic mass is 16.3. The molecule has 1 aliphatic rings. The van der Waals surface area contributed by atoms with Crippen LogP contribution >= 0.6 is 0 Å². The van der Waals surface area contributed by atoms with Crippen molar-refractivity contribution in [2.75, 3.05) is 13.2 Å². The molecule has 1 fully saturated rings. The standard InChI is InChI=1S/C12H26N2O/c1-4-10(13)12(8-15)14-7-5-6-11(14)9(2)3/h9-12,15H,4-8,13H2,1-3H3. The Labute approximate surface area is 93.6 Å². The van der Waals surface area contributed by atoms with E-state index in [1.54, 1.807) is 0 Å². The molecule has 1 saturated heterocycles. The Morgan fingerprint density at radius 3 is 2.60 bits per heavy atom. The summed E-state index contributed by atoms with van der Waals surface area (Å²) in [5.41, 5.74) is 6.07. The van der Waals surface area contributed by atoms with Crippen LogP contribution in [0.2, 0.25) is 0 Å². The van der Waals surface area contributed by atoms with E-state index in [1.807, 2.05) is 0 Å². The van der Waals surface area contributed by atoms with Gasteiger partial charge in [0, 0.05) is 18.1 Å². The highest BCUT2D eigenvalue weighted by molar-refractivity contribution is 4.90. The number of rotatable bonds is 5. The molecule has 0 amide bonds. The van der Waals surface area contributed by atoms with Gasteiger partial charge in [0.15, 0.2) is 0 Å². The van der Waals surface area contributed by atoms with E-state index in [4.69, 9.17) is 5.73 Å². The first kappa shape index (κ1) is 12.9. The average Bonchev–Trinajstić information content (AvgIpc) is 2.67. The zero-order valence-electron chi connectivity index (χ0n) is 10.3. The number of hydrogen-bond donors (Lipinski definition) is 2. The predicted octanol–water partition coefficient (Wildman–Crippen LogP) is 1.20. The number of likely N-dealkylation sites (tertiary alicyclic amines) is 1. The van der Waals surface area contributed by atoms with E-state index in [0.29, 0.717) is 12.0 Å². The van der Waals surface area contributed by atoms with Crippen LogP contribution in [-0.2, 0) is 0 Å². The molecule has 3 atom stereocenters. The number of hydrogen-bond acceptors (Lipinski definition) is 3. The molecule has 3 unspecified atom stereocenters. The first-order valence-electron chi connectivity index (χ1n) is 6.24. The molecule has 1 rings (SSSR count). The molecule has 0 bridgehead atoms. The highest BCUT2D eigenvalue weighted by Crippen LogP contribution is 2.26. The van der Waals surface area contributed by atoms with Crippen molar-refractivity contribution < 1.29 is 5.11 Å². The summed E-state index contributed by atoms with van der Waals surface area (Å²) in [4.78, 5) is 2.43. The molecule has 0 spiro atoms. The van der Waals surface area contributed by atoms with Crippen LogP contribution in [0.25, 0.3) is 0 Å². The number of nitrogens with two attached hydrogens (primary N) is 1. The average molecular weight is 214 g/mol. The first-order chi connectivity index (χ1) is 7.11. The van der Waals surface area contributed by atoms with Gasteiger partial charge in [-0.15, -0.1) is 0 Å². The minimum Gasteiger partial charge on any atom is -0.395 e. The van der Waals surface area contributed by atoms with Crippen molar-refractivity contribution in [3.05, 3.63) is 0 Å². The van der Waals surface area contributed by atoms with Gasteiger partial charge < -0.3 is 10.8 Å². The summed E-state index contributed by atoms with van der Waals surface area (Å²) in [7, 11) is 0. The lowest BCUT2D eigenvalue weighted by Crippen LogP contribution is -2.52. The zero-order valence-corrected chi connectivity index (χ0v) is 10.3. The molecule has 3 N–H and O–H groups in total. The maximum Gasteiger partial charge on any atom is 0.0602 e. The molecule has 1 aliphatic heterocycles. The van der Waals surface area contributed by atoms with Crippen molar-refractivity contribution in [2.24, 2.45) is 11.7 Å². The van der Waals surface area contributed by atoms with Gasteiger partial charge in [0.05, 0.1) is 6.61 Å². The topological polar surface area (TPSA) is 49.5 Å². The molecule has 0 saturated carbocycles. The maximum absolute atomic E-state index is 9.47. The third kappa shape index (κ3) is 2.92. The number of aliphatic hydroxyl groups excluding tert-OH is 1. The smallest absolute Gasteiger partial charge is 0.0602 e. The van der Waals surface area contributed by atoms with E-state index >= 15 is 0 Å². The third-order valence-corrected chi connectivity index (χ3v) is 3.69. The Morgan fingerprint density at radius 2 is 2.13 bits per heavy atom. The van der Waals surface area contributed by atoms with Crippen molar-refractivity contribution in [1.82, 2.24) is 4.90 Å². The fraction of sp³-hybridized carbons (Fsp3) is 1.00. The van der Waals surface area contributed by atoms with Gasteiger partial charge in [-0.25, -0.2) is 0 Å². The van der Waals surface area contributed by atoms with Crippen LogP contribution in [0, 0.1) is 5.92 Å². The second-order valence-electron chi connectivity index (χ2n) is 5.01. The molecule has 0 aromatic rings. The summed E-state index contributed by atoms with van der Waals surface area (Å²) >= 11 is 0. The zero-order chi connectivity index (χ0) is 11.4. The minimum atomic E-state index is 0.106. The van der Waals surface area contributed by atoms with Crippen LogP contribution < -0.4 is 5.73 Å². The second-order valence-corrected chi connectivity index (χ2v) is 5.01. The molecule has 1 heterocycles. The second kappa shape index (κ2) is 5.83. The van der Waals surface area contributed by atoms with E-state index in [1.165, 1.54) is 12.8 Å². The summed E-state index contributed by atoms with van der Waals surface area (Å²) < 4.78 is 0. The first-order valence-corrected chi connectivity index (χ1v) is 6.24. The minimum absolute atomic E-state index is 0.106. The van der Waals surface area contributed by atoms with E-state index < -0.39 is 0 Å². The quantitative estimate of drug-likeness (QED) is 0.723. The van der Waals surface area contributed by atoms with Crippen molar-refractivity contribution >= 4 is 0 Å². The molecule has 0 aromatic carbocycles. The number of nitrogens with zero attached hydrogens (tertiary/aromatic N) is 1. The molecule has 15 heavy (non-hydrogen) atoms. The molecular weight excluding hydrogens is 188 g/mol. The summed E-state index contributed by atoms with van der Waals surface area (Å²) in [6.07, 6.45) is 3.44. The maximum atomic E-state index is 9.47. The Kier molecular flexibility index (Phi) is 5.03. The fourth-order valence-corrected chi connectivity index (χ4v) is 2.70. The van der Waals surface area contributed by atoms with Gasteiger partial charge in [0.2, 0.25) is 0 Å². The van der Waals surface area contributed by atoms with Gasteiger partial charge >= 0.3 is 0 Å². The molecule has 0 radical (unpaired) electrons. The largest absolute Gasteiger partial charge is 0.395 e. The summed E-state index contributed by atoms with van der Waals surface area (Å²) in [6, 6.07) is 0.874. The number of aliphatic hydroxyl groups is 1. The van der Waals surface area contributed by atoms with Crippen LogP contribution in [0.5, 0.6) is 0 Å². The lowest BCUT2D eigenvalue weighted by molar-refractivity contribution is 0.0758. The van der Waals surface area contributed by atoms with Crippen LogP contribution in [0.1, 0.15) is 40.0 Å². The van der Waals surface area contributed by atoms with E-state index in [9.17, 15) is 5.11 Å². The van der Waals surface area contributed by atoms with Crippen LogP contribution in [0.15, 0.2) is 0 Å². The third-order valence-electron chi connectivity index (χ3n) is 3.69. The van der Waals surface area contributed by atoms with Gasteiger partial charge in [-0.2, -0.15) is 0 Å². The van der Waals surface area contributed by atoms with Gasteiger partial charge in [-0.05, 0) is 31.7 Å². The Bertz CT molecular complexity index is 184. The van der Waals surface area contributed by atoms with Crippen molar-refractivity contribution in [1.29, 1.82) is 0 Å². The summed E-state index contributed by atoms with van der Waals surface area (Å²) in [5.74, 6) is 0.658. The van der Waals surface area contributed by atoms with Gasteiger partial charge in [-0.3, -0.25) is 4.90 Å². The fourth-order valence-electron chi connectivity index (χ4n) is 2.70. The normalized spacial score (nSPS) is 27.2. The Morgan fingerprint density at radius 1 is 1.47 bits per heavy atom. The summed E-state index contributed by atoms with van der Waals surface area (Å²) in [6.45, 7) is 7.90. The van der Waals surface area contributed by atoms with Gasteiger partial charge in [0.1, 0.15) is 0 Å². The van der Waals surface area contributed by atoms with Crippen molar-refractivity contribution in [2.45, 2.75) is 58.2 Å². The lowest BCUT2D eigenvalue weighted by Gasteiger charge is -2.37. The highest BCUT2D eigenvalue weighted by Gasteiger charge is 2.34. The molecule has 0 aromatic heterocycles. The predicted molar refractivity (Wildman–Crippen MR) is 63.7 cm³/mol. The van der Waals surface area contributed by atoms with E-state index in [2.05, 4.69) is 25.7 Å². The van der Waals surface area contributed by atoms with E-state index in [0.717, 1.165) is 13.0 Å². The molecular formula is C12H26N2O. The molecule has 0 aliphatic carbocycles. The Hall–Kier alpha value is -0.120. The van der Waals surface area contributed by atoms with Crippen molar-refractivity contribution in [3.8, 4) is 0 Å². The SMILES string of the molecule is CCC(N)C(CO)N1CCCC1C(C)C. The molecule has 3 heteroatoms. The van der Waals surface area contributed by atoms with Gasteiger partial charge in [0.25, 0.3) is 0 Å². The molecule has 3 nitrogen and oxygen atoms in total. The molecule has 90 valence electrons. The van der Waals surface area contributed by atoms with E-state index in [-0.39, 0.29) is 18.7 Å². The van der Waals surface area contributed by atoms with Crippen molar-refractivity contribution in [3.63, 3.8) is 0 Å².